The zero-order valence-electron chi connectivity index (χ0n) is 9.69. The second-order valence-electron chi connectivity index (χ2n) is 5.41. The minimum atomic E-state index is 0.377. The molecule has 2 saturated heterocycles. The molecule has 4 unspecified atom stereocenters. The van der Waals surface area contributed by atoms with Crippen LogP contribution in [0.15, 0.2) is 0 Å². The van der Waals surface area contributed by atoms with Gasteiger partial charge in [-0.2, -0.15) is 0 Å². The average Bonchev–Trinajstić information content (AvgIpc) is 2.59. The van der Waals surface area contributed by atoms with Gasteiger partial charge in [-0.15, -0.1) is 0 Å². The highest BCUT2D eigenvalue weighted by Crippen LogP contribution is 2.40. The van der Waals surface area contributed by atoms with Gasteiger partial charge >= 0.3 is 0 Å². The summed E-state index contributed by atoms with van der Waals surface area (Å²) in [4.78, 5) is 0. The van der Waals surface area contributed by atoms with Crippen LogP contribution in [0.2, 0.25) is 0 Å². The van der Waals surface area contributed by atoms with E-state index >= 15 is 0 Å². The summed E-state index contributed by atoms with van der Waals surface area (Å²) >= 11 is 0. The number of rotatable bonds is 2. The number of hydrogen-bond donors (Lipinski definition) is 0. The summed E-state index contributed by atoms with van der Waals surface area (Å²) in [6.45, 7) is 10.9. The lowest BCUT2D eigenvalue weighted by molar-refractivity contribution is 0.0537. The fourth-order valence-corrected chi connectivity index (χ4v) is 2.70. The Morgan fingerprint density at radius 3 is 1.43 bits per heavy atom. The molecule has 0 aromatic carbocycles. The Morgan fingerprint density at radius 1 is 0.786 bits per heavy atom. The second-order valence-corrected chi connectivity index (χ2v) is 5.41. The van der Waals surface area contributed by atoms with Crippen LogP contribution in [0.5, 0.6) is 0 Å². The van der Waals surface area contributed by atoms with E-state index < -0.39 is 0 Å². The second kappa shape index (κ2) is 3.82. The van der Waals surface area contributed by atoms with Crippen LogP contribution in [0.25, 0.3) is 0 Å². The summed E-state index contributed by atoms with van der Waals surface area (Å²) in [5.41, 5.74) is 0. The molecule has 2 fully saturated rings. The van der Waals surface area contributed by atoms with Crippen molar-refractivity contribution in [2.45, 2.75) is 39.9 Å². The van der Waals surface area contributed by atoms with Crippen molar-refractivity contribution < 1.29 is 9.47 Å². The minimum Gasteiger partial charge on any atom is -0.375 e. The van der Waals surface area contributed by atoms with Gasteiger partial charge in [-0.1, -0.05) is 27.7 Å². The lowest BCUT2D eigenvalue weighted by Crippen LogP contribution is -2.30. The molecule has 0 N–H and O–H groups in total. The van der Waals surface area contributed by atoms with Crippen LogP contribution < -0.4 is 0 Å². The van der Waals surface area contributed by atoms with Crippen molar-refractivity contribution in [3.63, 3.8) is 0 Å². The van der Waals surface area contributed by atoms with Gasteiger partial charge in [0.2, 0.25) is 0 Å². The molecule has 2 rings (SSSR count). The third-order valence-electron chi connectivity index (χ3n) is 3.84. The van der Waals surface area contributed by atoms with E-state index in [9.17, 15) is 0 Å². The van der Waals surface area contributed by atoms with E-state index in [2.05, 4.69) is 27.7 Å². The van der Waals surface area contributed by atoms with Crippen LogP contribution in [-0.2, 0) is 9.47 Å². The first-order valence-corrected chi connectivity index (χ1v) is 5.84. The quantitative estimate of drug-likeness (QED) is 0.678. The first-order chi connectivity index (χ1) is 6.61. The van der Waals surface area contributed by atoms with Gasteiger partial charge in [0.05, 0.1) is 25.4 Å². The van der Waals surface area contributed by atoms with Crippen LogP contribution >= 0.6 is 0 Å². The van der Waals surface area contributed by atoms with E-state index in [0.717, 1.165) is 13.2 Å². The van der Waals surface area contributed by atoms with Crippen LogP contribution in [-0.4, -0.2) is 25.4 Å². The molecule has 0 amide bonds. The van der Waals surface area contributed by atoms with Crippen molar-refractivity contribution in [3.05, 3.63) is 0 Å². The Labute approximate surface area is 87.0 Å². The molecule has 2 heterocycles. The summed E-state index contributed by atoms with van der Waals surface area (Å²) in [5.74, 6) is 2.58. The van der Waals surface area contributed by atoms with Gasteiger partial charge in [0.25, 0.3) is 0 Å². The summed E-state index contributed by atoms with van der Waals surface area (Å²) < 4.78 is 11.8. The standard InChI is InChI=1S/C12H22O2/c1-7(2)9-5-13-12-10(8(3)4)6-14-11(9)12/h7-12H,5-6H2,1-4H3. The molecule has 14 heavy (non-hydrogen) atoms. The molecule has 0 bridgehead atoms. The van der Waals surface area contributed by atoms with Crippen LogP contribution in [0.1, 0.15) is 27.7 Å². The lowest BCUT2D eigenvalue weighted by atomic mass is 9.85. The van der Waals surface area contributed by atoms with Gasteiger partial charge in [0.15, 0.2) is 0 Å². The Kier molecular flexibility index (Phi) is 2.85. The Balaban J connectivity index is 2.04. The Morgan fingerprint density at radius 2 is 1.14 bits per heavy atom. The van der Waals surface area contributed by atoms with E-state index in [-0.39, 0.29) is 0 Å². The fourth-order valence-electron chi connectivity index (χ4n) is 2.70. The molecular formula is C12H22O2. The van der Waals surface area contributed by atoms with Crippen molar-refractivity contribution in [1.29, 1.82) is 0 Å². The first kappa shape index (κ1) is 10.4. The van der Waals surface area contributed by atoms with Gasteiger partial charge < -0.3 is 9.47 Å². The highest BCUT2D eigenvalue weighted by molar-refractivity contribution is 4.95. The van der Waals surface area contributed by atoms with E-state index in [0.29, 0.717) is 35.9 Å². The van der Waals surface area contributed by atoms with Crippen molar-refractivity contribution in [3.8, 4) is 0 Å². The molecule has 2 nitrogen and oxygen atoms in total. The molecule has 0 radical (unpaired) electrons. The lowest BCUT2D eigenvalue weighted by Gasteiger charge is -2.20. The molecule has 2 aliphatic heterocycles. The topological polar surface area (TPSA) is 18.5 Å². The molecule has 2 aliphatic rings. The maximum atomic E-state index is 5.90. The maximum Gasteiger partial charge on any atom is 0.0893 e. The van der Waals surface area contributed by atoms with Crippen molar-refractivity contribution in [1.82, 2.24) is 0 Å². The van der Waals surface area contributed by atoms with Crippen molar-refractivity contribution >= 4 is 0 Å². The maximum absolute atomic E-state index is 5.90. The molecule has 0 spiro atoms. The Bertz CT molecular complexity index is 178. The summed E-state index contributed by atoms with van der Waals surface area (Å²) in [7, 11) is 0. The molecule has 4 atom stereocenters. The molecule has 0 aromatic rings. The average molecular weight is 198 g/mol. The van der Waals surface area contributed by atoms with E-state index in [1.807, 2.05) is 0 Å². The molecule has 82 valence electrons. The zero-order chi connectivity index (χ0) is 10.3. The van der Waals surface area contributed by atoms with Gasteiger partial charge in [0, 0.05) is 11.8 Å². The number of hydrogen-bond acceptors (Lipinski definition) is 2. The summed E-state index contributed by atoms with van der Waals surface area (Å²) in [6, 6.07) is 0. The third-order valence-corrected chi connectivity index (χ3v) is 3.84. The van der Waals surface area contributed by atoms with Crippen molar-refractivity contribution in [2.24, 2.45) is 23.7 Å². The van der Waals surface area contributed by atoms with Crippen LogP contribution in [0.4, 0.5) is 0 Å². The van der Waals surface area contributed by atoms with Crippen LogP contribution in [0, 0.1) is 23.7 Å². The fraction of sp³-hybridized carbons (Fsp3) is 1.00. The molecule has 2 heteroatoms. The number of fused-ring (bicyclic) bond motifs is 1. The number of ether oxygens (including phenoxy) is 2. The van der Waals surface area contributed by atoms with Crippen LogP contribution in [0.3, 0.4) is 0 Å². The summed E-state index contributed by atoms with van der Waals surface area (Å²) in [6.07, 6.45) is 0.754. The summed E-state index contributed by atoms with van der Waals surface area (Å²) in [5, 5.41) is 0. The smallest absolute Gasteiger partial charge is 0.0893 e. The highest BCUT2D eigenvalue weighted by Gasteiger charge is 2.48. The SMILES string of the molecule is CC(C)C1COC2C(C(C)C)COC12. The monoisotopic (exact) mass is 198 g/mol. The zero-order valence-corrected chi connectivity index (χ0v) is 9.69. The Hall–Kier alpha value is -0.0800. The van der Waals surface area contributed by atoms with Gasteiger partial charge in [0.1, 0.15) is 0 Å². The van der Waals surface area contributed by atoms with Crippen molar-refractivity contribution in [2.75, 3.05) is 13.2 Å². The molecule has 0 aromatic heterocycles. The predicted molar refractivity (Wildman–Crippen MR) is 56.1 cm³/mol. The van der Waals surface area contributed by atoms with Gasteiger partial charge in [-0.05, 0) is 11.8 Å². The third kappa shape index (κ3) is 1.59. The van der Waals surface area contributed by atoms with E-state index in [1.165, 1.54) is 0 Å². The normalized spacial score (nSPS) is 42.4. The molecular weight excluding hydrogens is 176 g/mol. The predicted octanol–water partition coefficient (Wildman–Crippen LogP) is 2.33. The van der Waals surface area contributed by atoms with Gasteiger partial charge in [-0.3, -0.25) is 0 Å². The first-order valence-electron chi connectivity index (χ1n) is 5.84. The molecule has 0 aliphatic carbocycles. The van der Waals surface area contributed by atoms with E-state index in [4.69, 9.17) is 9.47 Å². The highest BCUT2D eigenvalue weighted by atomic mass is 16.6. The largest absolute Gasteiger partial charge is 0.375 e. The van der Waals surface area contributed by atoms with E-state index in [1.54, 1.807) is 0 Å². The van der Waals surface area contributed by atoms with Gasteiger partial charge in [-0.25, -0.2) is 0 Å². The minimum absolute atomic E-state index is 0.377. The molecule has 0 saturated carbocycles.